The molecule has 2 rings (SSSR count). The van der Waals surface area contributed by atoms with E-state index in [9.17, 15) is 8.42 Å². The average molecular weight is 215 g/mol. The molecular weight excluding hydrogens is 202 g/mol. The van der Waals surface area contributed by atoms with Crippen LogP contribution in [0, 0.1) is 5.41 Å². The van der Waals surface area contributed by atoms with Crippen molar-refractivity contribution in [2.45, 2.75) is 31.3 Å². The van der Waals surface area contributed by atoms with Gasteiger partial charge in [-0.3, -0.25) is 0 Å². The highest BCUT2D eigenvalue weighted by molar-refractivity contribution is 7.89. The first kappa shape index (κ1) is 9.67. The molecule has 1 unspecified atom stereocenters. The number of aromatic nitrogens is 2. The fourth-order valence-electron chi connectivity index (χ4n) is 1.31. The van der Waals surface area contributed by atoms with Crippen LogP contribution in [0.3, 0.4) is 0 Å². The fraction of sp³-hybridized carbons (Fsp3) is 0.625. The number of nitrogens with one attached hydrogen (secondary N) is 2. The first-order valence-corrected chi connectivity index (χ1v) is 5.91. The first-order chi connectivity index (χ1) is 6.42. The van der Waals surface area contributed by atoms with E-state index in [1.54, 1.807) is 0 Å². The van der Waals surface area contributed by atoms with Crippen molar-refractivity contribution < 1.29 is 8.42 Å². The lowest BCUT2D eigenvalue weighted by Gasteiger charge is -2.05. The van der Waals surface area contributed by atoms with Gasteiger partial charge in [-0.05, 0) is 11.8 Å². The summed E-state index contributed by atoms with van der Waals surface area (Å²) in [7, 11) is -3.39. The number of hydrogen-bond donors (Lipinski definition) is 2. The molecule has 0 aromatic carbocycles. The monoisotopic (exact) mass is 215 g/mol. The molecule has 1 aliphatic carbocycles. The molecule has 1 aliphatic rings. The Morgan fingerprint density at radius 1 is 1.64 bits per heavy atom. The van der Waals surface area contributed by atoms with Crippen LogP contribution in [0.4, 0.5) is 0 Å². The normalized spacial score (nSPS) is 24.9. The predicted molar refractivity (Wildman–Crippen MR) is 51.1 cm³/mol. The van der Waals surface area contributed by atoms with Gasteiger partial charge in [0.25, 0.3) is 10.0 Å². The van der Waals surface area contributed by atoms with E-state index in [0.717, 1.165) is 6.42 Å². The minimum Gasteiger partial charge on any atom is -0.335 e. The van der Waals surface area contributed by atoms with Crippen molar-refractivity contribution in [3.05, 3.63) is 12.5 Å². The lowest BCUT2D eigenvalue weighted by atomic mass is 10.2. The summed E-state index contributed by atoms with van der Waals surface area (Å²) >= 11 is 0. The minimum atomic E-state index is -3.39. The molecular formula is C8H13N3O2S. The van der Waals surface area contributed by atoms with Gasteiger partial charge in [-0.1, -0.05) is 13.8 Å². The van der Waals surface area contributed by atoms with Gasteiger partial charge in [0.1, 0.15) is 0 Å². The van der Waals surface area contributed by atoms with E-state index in [4.69, 9.17) is 0 Å². The summed E-state index contributed by atoms with van der Waals surface area (Å²) in [5.74, 6) is 0. The molecule has 0 radical (unpaired) electrons. The van der Waals surface area contributed by atoms with Crippen LogP contribution in [0.15, 0.2) is 17.6 Å². The molecule has 0 saturated heterocycles. The second kappa shape index (κ2) is 2.80. The van der Waals surface area contributed by atoms with E-state index >= 15 is 0 Å². The number of aromatic amines is 1. The molecule has 78 valence electrons. The summed E-state index contributed by atoms with van der Waals surface area (Å²) < 4.78 is 25.9. The largest absolute Gasteiger partial charge is 0.335 e. The predicted octanol–water partition coefficient (Wildman–Crippen LogP) is 0.487. The van der Waals surface area contributed by atoms with Gasteiger partial charge in [-0.2, -0.15) is 0 Å². The molecule has 1 fully saturated rings. The van der Waals surface area contributed by atoms with Crippen LogP contribution in [0.1, 0.15) is 20.3 Å². The number of hydrogen-bond acceptors (Lipinski definition) is 3. The number of sulfonamides is 1. The Morgan fingerprint density at radius 2 is 2.29 bits per heavy atom. The van der Waals surface area contributed by atoms with Gasteiger partial charge >= 0.3 is 0 Å². The highest BCUT2D eigenvalue weighted by Gasteiger charge is 2.48. The number of rotatable bonds is 3. The van der Waals surface area contributed by atoms with E-state index in [-0.39, 0.29) is 16.5 Å². The summed E-state index contributed by atoms with van der Waals surface area (Å²) in [6.07, 6.45) is 3.55. The van der Waals surface area contributed by atoms with E-state index in [2.05, 4.69) is 14.7 Å². The molecule has 14 heavy (non-hydrogen) atoms. The second-order valence-electron chi connectivity index (χ2n) is 4.28. The van der Waals surface area contributed by atoms with Crippen molar-refractivity contribution >= 4 is 10.0 Å². The average Bonchev–Trinajstić information content (AvgIpc) is 2.57. The van der Waals surface area contributed by atoms with Gasteiger partial charge in [-0.25, -0.2) is 18.1 Å². The SMILES string of the molecule is CC1(C)CC1NS(=O)(=O)c1cnc[nH]1. The zero-order valence-electron chi connectivity index (χ0n) is 8.11. The van der Waals surface area contributed by atoms with Crippen molar-refractivity contribution in [2.24, 2.45) is 5.41 Å². The van der Waals surface area contributed by atoms with Gasteiger partial charge in [-0.15, -0.1) is 0 Å². The van der Waals surface area contributed by atoms with Crippen LogP contribution >= 0.6 is 0 Å². The van der Waals surface area contributed by atoms with Crippen LogP contribution < -0.4 is 4.72 Å². The van der Waals surface area contributed by atoms with E-state index < -0.39 is 10.0 Å². The number of imidazole rings is 1. The highest BCUT2D eigenvalue weighted by Crippen LogP contribution is 2.45. The standard InChI is InChI=1S/C8H13N3O2S/c1-8(2)3-6(8)11-14(12,13)7-4-9-5-10-7/h4-6,11H,3H2,1-2H3,(H,9,10). The van der Waals surface area contributed by atoms with Gasteiger partial charge in [0.05, 0.1) is 12.5 Å². The molecule has 1 aromatic heterocycles. The third-order valence-electron chi connectivity index (χ3n) is 2.57. The topological polar surface area (TPSA) is 74.8 Å². The van der Waals surface area contributed by atoms with Crippen molar-refractivity contribution in [1.82, 2.24) is 14.7 Å². The summed E-state index contributed by atoms with van der Waals surface area (Å²) in [6, 6.07) is 0.0517. The van der Waals surface area contributed by atoms with Gasteiger partial charge in [0.15, 0.2) is 5.03 Å². The molecule has 0 spiro atoms. The summed E-state index contributed by atoms with van der Waals surface area (Å²) in [6.45, 7) is 4.07. The molecule has 0 bridgehead atoms. The van der Waals surface area contributed by atoms with Crippen LogP contribution in [0.2, 0.25) is 0 Å². The molecule has 0 amide bonds. The zero-order chi connectivity index (χ0) is 10.4. The lowest BCUT2D eigenvalue weighted by Crippen LogP contribution is -2.28. The smallest absolute Gasteiger partial charge is 0.257 e. The summed E-state index contributed by atoms with van der Waals surface area (Å²) in [5.41, 5.74) is 0.0904. The van der Waals surface area contributed by atoms with Gasteiger partial charge in [0, 0.05) is 6.04 Å². The van der Waals surface area contributed by atoms with Gasteiger partial charge in [0.2, 0.25) is 0 Å². The van der Waals surface area contributed by atoms with Crippen molar-refractivity contribution in [3.63, 3.8) is 0 Å². The van der Waals surface area contributed by atoms with Crippen LogP contribution in [-0.4, -0.2) is 24.4 Å². The molecule has 1 aromatic rings. The second-order valence-corrected chi connectivity index (χ2v) is 5.96. The maximum absolute atomic E-state index is 11.6. The molecule has 1 atom stereocenters. The molecule has 2 N–H and O–H groups in total. The third-order valence-corrected chi connectivity index (χ3v) is 3.97. The van der Waals surface area contributed by atoms with Crippen LogP contribution in [0.25, 0.3) is 0 Å². The molecule has 0 aliphatic heterocycles. The molecule has 6 heteroatoms. The Bertz CT molecular complexity index is 421. The molecule has 1 saturated carbocycles. The Balaban J connectivity index is 2.12. The minimum absolute atomic E-state index is 0.0517. The molecule has 1 heterocycles. The molecule has 5 nitrogen and oxygen atoms in total. The maximum Gasteiger partial charge on any atom is 0.257 e. The Kier molecular flexibility index (Phi) is 1.94. The van der Waals surface area contributed by atoms with E-state index in [0.29, 0.717) is 0 Å². The quantitative estimate of drug-likeness (QED) is 0.770. The Hall–Kier alpha value is -0.880. The van der Waals surface area contributed by atoms with E-state index in [1.165, 1.54) is 12.5 Å². The third kappa shape index (κ3) is 1.67. The zero-order valence-corrected chi connectivity index (χ0v) is 8.93. The van der Waals surface area contributed by atoms with Crippen molar-refractivity contribution in [3.8, 4) is 0 Å². The van der Waals surface area contributed by atoms with Crippen LogP contribution in [-0.2, 0) is 10.0 Å². The lowest BCUT2D eigenvalue weighted by molar-refractivity contribution is 0.552. The Labute approximate surface area is 83.0 Å². The number of nitrogens with zero attached hydrogens (tertiary/aromatic N) is 1. The van der Waals surface area contributed by atoms with Crippen molar-refractivity contribution in [2.75, 3.05) is 0 Å². The van der Waals surface area contributed by atoms with Gasteiger partial charge < -0.3 is 4.98 Å². The van der Waals surface area contributed by atoms with E-state index in [1.807, 2.05) is 13.8 Å². The fourth-order valence-corrected chi connectivity index (χ4v) is 2.62. The van der Waals surface area contributed by atoms with Crippen molar-refractivity contribution in [1.29, 1.82) is 0 Å². The number of H-pyrrole nitrogens is 1. The van der Waals surface area contributed by atoms with Crippen LogP contribution in [0.5, 0.6) is 0 Å². The highest BCUT2D eigenvalue weighted by atomic mass is 32.2. The Morgan fingerprint density at radius 3 is 2.71 bits per heavy atom. The summed E-state index contributed by atoms with van der Waals surface area (Å²) in [4.78, 5) is 6.25. The summed E-state index contributed by atoms with van der Waals surface area (Å²) in [5, 5.41) is 0.125. The maximum atomic E-state index is 11.6. The first-order valence-electron chi connectivity index (χ1n) is 4.42.